The summed E-state index contributed by atoms with van der Waals surface area (Å²) in [7, 11) is 3.32. The molecule has 3 aromatic rings. The number of nitrogens with zero attached hydrogens (tertiary/aromatic N) is 3. The minimum absolute atomic E-state index is 0.114. The van der Waals surface area contributed by atoms with E-state index in [4.69, 9.17) is 4.74 Å². The molecule has 0 fully saturated rings. The second kappa shape index (κ2) is 7.63. The van der Waals surface area contributed by atoms with Gasteiger partial charge in [-0.25, -0.2) is 0 Å². The molecule has 0 saturated carbocycles. The Morgan fingerprint density at radius 2 is 1.86 bits per heavy atom. The van der Waals surface area contributed by atoms with Crippen molar-refractivity contribution in [1.82, 2.24) is 15.1 Å². The summed E-state index contributed by atoms with van der Waals surface area (Å²) in [5.74, 6) is -0.221. The number of methoxy groups -OCH3 is 1. The summed E-state index contributed by atoms with van der Waals surface area (Å²) in [6.07, 6.45) is 0. The summed E-state index contributed by atoms with van der Waals surface area (Å²) in [5, 5.41) is 12.0. The molecular weight excluding hydrogens is 388 g/mol. The Balaban J connectivity index is 1.79. The van der Waals surface area contributed by atoms with Crippen LogP contribution in [0.2, 0.25) is 0 Å². The molecule has 8 heteroatoms. The topological polar surface area (TPSA) is 84.4 Å². The lowest BCUT2D eigenvalue weighted by atomic mass is 9.79. The third-order valence-corrected chi connectivity index (χ3v) is 5.83. The minimum atomic E-state index is -0.591. The second-order valence-electron chi connectivity index (χ2n) is 6.81. The lowest BCUT2D eigenvalue weighted by Crippen LogP contribution is -2.44. The van der Waals surface area contributed by atoms with E-state index in [-0.39, 0.29) is 11.8 Å². The molecule has 0 radical (unpaired) electrons. The molecule has 0 bridgehead atoms. The molecule has 148 valence electrons. The number of nitrogens with one attached hydrogen (secondary N) is 1. The Bertz CT molecular complexity index is 1060. The van der Waals surface area contributed by atoms with Gasteiger partial charge in [0.15, 0.2) is 0 Å². The van der Waals surface area contributed by atoms with Gasteiger partial charge in [-0.05, 0) is 36.2 Å². The smallest absolute Gasteiger partial charge is 0.254 e. The van der Waals surface area contributed by atoms with Crippen LogP contribution in [-0.2, 0) is 4.79 Å². The predicted octanol–water partition coefficient (Wildman–Crippen LogP) is 3.40. The molecule has 2 heterocycles. The Labute approximate surface area is 172 Å². The first-order valence-corrected chi connectivity index (χ1v) is 9.92. The van der Waals surface area contributed by atoms with Gasteiger partial charge in [-0.3, -0.25) is 14.9 Å². The maximum Gasteiger partial charge on any atom is 0.254 e. The van der Waals surface area contributed by atoms with Gasteiger partial charge in [-0.1, -0.05) is 41.7 Å². The molecule has 1 aromatic heterocycles. The summed E-state index contributed by atoms with van der Waals surface area (Å²) in [6, 6.07) is 14.2. The van der Waals surface area contributed by atoms with E-state index in [9.17, 15) is 9.59 Å². The van der Waals surface area contributed by atoms with Gasteiger partial charge in [0.1, 0.15) is 10.8 Å². The van der Waals surface area contributed by atoms with Crippen LogP contribution in [0.15, 0.2) is 48.5 Å². The summed E-state index contributed by atoms with van der Waals surface area (Å²) in [5.41, 5.74) is 2.09. The number of carbonyl (C=O) groups is 2. The molecule has 1 N–H and O–H groups in total. The molecule has 29 heavy (non-hydrogen) atoms. The number of likely N-dealkylation sites (N-methyl/N-ethyl adjacent to an activating group) is 1. The third kappa shape index (κ3) is 3.47. The zero-order valence-electron chi connectivity index (χ0n) is 16.2. The van der Waals surface area contributed by atoms with Gasteiger partial charge in [0.25, 0.3) is 5.91 Å². The monoisotopic (exact) mass is 408 g/mol. The number of carbonyl (C=O) groups excluding carboxylic acids is 2. The first-order valence-electron chi connectivity index (χ1n) is 9.10. The minimum Gasteiger partial charge on any atom is -0.497 e. The Morgan fingerprint density at radius 1 is 1.14 bits per heavy atom. The first-order chi connectivity index (χ1) is 14.0. The summed E-state index contributed by atoms with van der Waals surface area (Å²) < 4.78 is 5.24. The number of fused-ring (bicyclic) bond motifs is 1. The van der Waals surface area contributed by atoms with Crippen LogP contribution >= 0.6 is 11.3 Å². The van der Waals surface area contributed by atoms with E-state index in [1.165, 1.54) is 11.3 Å². The van der Waals surface area contributed by atoms with E-state index in [1.807, 2.05) is 43.3 Å². The number of aryl methyl sites for hydroxylation is 1. The maximum atomic E-state index is 13.4. The zero-order chi connectivity index (χ0) is 20.5. The van der Waals surface area contributed by atoms with Crippen molar-refractivity contribution < 1.29 is 14.3 Å². The second-order valence-corrected chi connectivity index (χ2v) is 8.00. The highest BCUT2D eigenvalue weighted by Crippen LogP contribution is 2.42. The molecule has 7 nitrogen and oxygen atoms in total. The average molecular weight is 408 g/mol. The summed E-state index contributed by atoms with van der Waals surface area (Å²) in [6.45, 7) is 1.83. The van der Waals surface area contributed by atoms with E-state index in [1.54, 1.807) is 31.2 Å². The molecule has 0 spiro atoms. The molecule has 2 unspecified atom stereocenters. The van der Waals surface area contributed by atoms with Crippen molar-refractivity contribution >= 4 is 28.3 Å². The van der Waals surface area contributed by atoms with E-state index < -0.39 is 12.0 Å². The summed E-state index contributed by atoms with van der Waals surface area (Å²) in [4.78, 5) is 28.0. The van der Waals surface area contributed by atoms with Crippen molar-refractivity contribution in [3.05, 3.63) is 70.2 Å². The molecule has 1 aliphatic heterocycles. The SMILES string of the molecule is COc1ccc(C2C(C(=O)Nc3nnc(C)s3)c3ccccc3C(=O)N2C)cc1. The maximum absolute atomic E-state index is 13.4. The summed E-state index contributed by atoms with van der Waals surface area (Å²) >= 11 is 1.31. The zero-order valence-corrected chi connectivity index (χ0v) is 17.1. The van der Waals surface area contributed by atoms with Gasteiger partial charge in [-0.15, -0.1) is 10.2 Å². The molecule has 2 amide bonds. The molecule has 0 aliphatic carbocycles. The quantitative estimate of drug-likeness (QED) is 0.715. The first kappa shape index (κ1) is 19.1. The fourth-order valence-corrected chi connectivity index (χ4v) is 4.30. The highest BCUT2D eigenvalue weighted by Gasteiger charge is 2.42. The number of hydrogen-bond acceptors (Lipinski definition) is 6. The van der Waals surface area contributed by atoms with Crippen molar-refractivity contribution in [3.63, 3.8) is 0 Å². The van der Waals surface area contributed by atoms with Gasteiger partial charge in [-0.2, -0.15) is 0 Å². The van der Waals surface area contributed by atoms with Crippen molar-refractivity contribution in [2.45, 2.75) is 18.9 Å². The van der Waals surface area contributed by atoms with Crippen LogP contribution in [0.5, 0.6) is 5.75 Å². The largest absolute Gasteiger partial charge is 0.497 e. The average Bonchev–Trinajstić information content (AvgIpc) is 3.15. The Morgan fingerprint density at radius 3 is 2.52 bits per heavy atom. The highest BCUT2D eigenvalue weighted by atomic mass is 32.1. The van der Waals surface area contributed by atoms with E-state index >= 15 is 0 Å². The van der Waals surface area contributed by atoms with Crippen molar-refractivity contribution in [2.75, 3.05) is 19.5 Å². The molecule has 4 rings (SSSR count). The molecule has 1 aliphatic rings. The number of ether oxygens (including phenoxy) is 1. The van der Waals surface area contributed by atoms with E-state index in [2.05, 4.69) is 15.5 Å². The fourth-order valence-electron chi connectivity index (χ4n) is 3.70. The molecule has 0 saturated heterocycles. The van der Waals surface area contributed by atoms with Crippen LogP contribution in [0.1, 0.15) is 38.5 Å². The number of hydrogen-bond donors (Lipinski definition) is 1. The number of aromatic nitrogens is 2. The van der Waals surface area contributed by atoms with Crippen LogP contribution in [0.4, 0.5) is 5.13 Å². The van der Waals surface area contributed by atoms with Crippen LogP contribution < -0.4 is 10.1 Å². The van der Waals surface area contributed by atoms with E-state index in [0.29, 0.717) is 22.0 Å². The standard InChI is InChI=1S/C21H20N4O3S/c1-12-23-24-21(29-12)22-19(26)17-15-6-4-5-7-16(15)20(27)25(2)18(17)13-8-10-14(28-3)11-9-13/h4-11,17-18H,1-3H3,(H,22,24,26). The lowest BCUT2D eigenvalue weighted by molar-refractivity contribution is -0.119. The van der Waals surface area contributed by atoms with Crippen LogP contribution in [0.25, 0.3) is 0 Å². The van der Waals surface area contributed by atoms with Gasteiger partial charge in [0, 0.05) is 12.6 Å². The number of anilines is 1. The highest BCUT2D eigenvalue weighted by molar-refractivity contribution is 7.15. The van der Waals surface area contributed by atoms with Gasteiger partial charge < -0.3 is 9.64 Å². The molecule has 2 aromatic carbocycles. The van der Waals surface area contributed by atoms with Crippen molar-refractivity contribution in [2.24, 2.45) is 0 Å². The van der Waals surface area contributed by atoms with Crippen molar-refractivity contribution in [3.8, 4) is 5.75 Å². The number of benzene rings is 2. The lowest BCUT2D eigenvalue weighted by Gasteiger charge is -2.39. The van der Waals surface area contributed by atoms with Gasteiger partial charge >= 0.3 is 0 Å². The third-order valence-electron chi connectivity index (χ3n) is 5.08. The fraction of sp³-hybridized carbons (Fsp3) is 0.238. The molecule has 2 atom stereocenters. The van der Waals surface area contributed by atoms with Crippen LogP contribution in [0, 0.1) is 6.92 Å². The van der Waals surface area contributed by atoms with Crippen LogP contribution in [-0.4, -0.2) is 41.1 Å². The number of rotatable bonds is 4. The number of amides is 2. The Hall–Kier alpha value is -3.26. The predicted molar refractivity (Wildman–Crippen MR) is 110 cm³/mol. The normalized spacial score (nSPS) is 18.3. The Kier molecular flexibility index (Phi) is 5.02. The van der Waals surface area contributed by atoms with E-state index in [0.717, 1.165) is 10.6 Å². The van der Waals surface area contributed by atoms with Gasteiger partial charge in [0.2, 0.25) is 11.0 Å². The van der Waals surface area contributed by atoms with Gasteiger partial charge in [0.05, 0.1) is 19.1 Å². The molecular formula is C21H20N4O3S. The van der Waals surface area contributed by atoms with Crippen LogP contribution in [0.3, 0.4) is 0 Å². The van der Waals surface area contributed by atoms with Crippen molar-refractivity contribution in [1.29, 1.82) is 0 Å².